The van der Waals surface area contributed by atoms with E-state index in [9.17, 15) is 9.59 Å². The summed E-state index contributed by atoms with van der Waals surface area (Å²) in [7, 11) is 1.54. The zero-order valence-corrected chi connectivity index (χ0v) is 17.5. The van der Waals surface area contributed by atoms with E-state index in [1.54, 1.807) is 13.2 Å². The molecule has 2 fully saturated rings. The van der Waals surface area contributed by atoms with Crippen LogP contribution in [-0.4, -0.2) is 78.7 Å². The normalized spacial score (nSPS) is 20.3. The van der Waals surface area contributed by atoms with Crippen LogP contribution in [0.25, 0.3) is 10.9 Å². The predicted molar refractivity (Wildman–Crippen MR) is 113 cm³/mol. The number of aromatic nitrogens is 1. The quantitative estimate of drug-likeness (QED) is 0.756. The van der Waals surface area contributed by atoms with Crippen molar-refractivity contribution in [3.05, 3.63) is 42.1 Å². The molecule has 160 valence electrons. The van der Waals surface area contributed by atoms with Crippen molar-refractivity contribution < 1.29 is 19.1 Å². The second-order valence-electron chi connectivity index (χ2n) is 8.01. The Morgan fingerprint density at radius 1 is 1.13 bits per heavy atom. The number of fused-ring (bicyclic) bond motifs is 1. The fourth-order valence-corrected chi connectivity index (χ4v) is 4.58. The standard InChI is InChI=1S/C23H29N3O4/c1-29-16-22(27)26(18-10-13-30-14-11-18)19-6-4-12-25(15-19)23(28)21-9-8-17-5-2-3-7-20(17)24-21/h2-3,5,7-9,18-19H,4,6,10-16H2,1H3. The van der Waals surface area contributed by atoms with Gasteiger partial charge >= 0.3 is 0 Å². The van der Waals surface area contributed by atoms with Crippen molar-refractivity contribution in [1.29, 1.82) is 0 Å². The van der Waals surface area contributed by atoms with Crippen LogP contribution in [0.2, 0.25) is 0 Å². The highest BCUT2D eigenvalue weighted by molar-refractivity contribution is 5.95. The maximum absolute atomic E-state index is 13.2. The first-order chi connectivity index (χ1) is 14.7. The van der Waals surface area contributed by atoms with Gasteiger partial charge in [-0.2, -0.15) is 0 Å². The Hall–Kier alpha value is -2.51. The third-order valence-electron chi connectivity index (χ3n) is 6.03. The van der Waals surface area contributed by atoms with Gasteiger partial charge in [0.15, 0.2) is 0 Å². The van der Waals surface area contributed by atoms with Crippen molar-refractivity contribution in [2.24, 2.45) is 0 Å². The summed E-state index contributed by atoms with van der Waals surface area (Å²) in [6.07, 6.45) is 3.41. The number of piperidine rings is 1. The molecule has 2 aliphatic heterocycles. The van der Waals surface area contributed by atoms with E-state index in [1.165, 1.54) is 0 Å². The second-order valence-corrected chi connectivity index (χ2v) is 8.01. The fourth-order valence-electron chi connectivity index (χ4n) is 4.58. The Labute approximate surface area is 177 Å². The van der Waals surface area contributed by atoms with E-state index < -0.39 is 0 Å². The first-order valence-electron chi connectivity index (χ1n) is 10.7. The first-order valence-corrected chi connectivity index (χ1v) is 10.7. The third-order valence-corrected chi connectivity index (χ3v) is 6.03. The smallest absolute Gasteiger partial charge is 0.272 e. The van der Waals surface area contributed by atoms with E-state index in [1.807, 2.05) is 40.1 Å². The van der Waals surface area contributed by atoms with Crippen molar-refractivity contribution in [1.82, 2.24) is 14.8 Å². The summed E-state index contributed by atoms with van der Waals surface area (Å²) in [5, 5.41) is 1.02. The average Bonchev–Trinajstić information content (AvgIpc) is 2.79. The van der Waals surface area contributed by atoms with E-state index in [4.69, 9.17) is 9.47 Å². The highest BCUT2D eigenvalue weighted by Gasteiger charge is 2.35. The Balaban J connectivity index is 1.52. The minimum absolute atomic E-state index is 0.00564. The highest BCUT2D eigenvalue weighted by Crippen LogP contribution is 2.25. The number of benzene rings is 1. The molecule has 7 heteroatoms. The van der Waals surface area contributed by atoms with Gasteiger partial charge in [0.2, 0.25) is 5.91 Å². The molecule has 4 rings (SSSR count). The molecule has 3 heterocycles. The number of pyridine rings is 1. The third kappa shape index (κ3) is 4.47. The Morgan fingerprint density at radius 3 is 2.73 bits per heavy atom. The number of ether oxygens (including phenoxy) is 2. The van der Waals surface area contributed by atoms with Crippen LogP contribution >= 0.6 is 0 Å². The zero-order chi connectivity index (χ0) is 20.9. The predicted octanol–water partition coefficient (Wildman–Crippen LogP) is 2.49. The van der Waals surface area contributed by atoms with Gasteiger partial charge in [-0.1, -0.05) is 24.3 Å². The van der Waals surface area contributed by atoms with Crippen molar-refractivity contribution in [2.75, 3.05) is 40.0 Å². The maximum Gasteiger partial charge on any atom is 0.272 e. The van der Waals surface area contributed by atoms with Gasteiger partial charge in [-0.3, -0.25) is 9.59 Å². The van der Waals surface area contributed by atoms with Gasteiger partial charge in [0.25, 0.3) is 5.91 Å². The molecule has 1 aromatic heterocycles. The lowest BCUT2D eigenvalue weighted by Gasteiger charge is -2.44. The van der Waals surface area contributed by atoms with Gasteiger partial charge in [-0.15, -0.1) is 0 Å². The molecule has 2 aliphatic rings. The van der Waals surface area contributed by atoms with Crippen LogP contribution < -0.4 is 0 Å². The number of rotatable bonds is 5. The van der Waals surface area contributed by atoms with Gasteiger partial charge in [0.1, 0.15) is 12.3 Å². The molecular weight excluding hydrogens is 382 g/mol. The summed E-state index contributed by atoms with van der Waals surface area (Å²) in [6, 6.07) is 11.7. The van der Waals surface area contributed by atoms with Crippen LogP contribution in [0.3, 0.4) is 0 Å². The molecule has 0 bridgehead atoms. The van der Waals surface area contributed by atoms with Crippen LogP contribution in [0.5, 0.6) is 0 Å². The van der Waals surface area contributed by atoms with Crippen LogP contribution in [0.4, 0.5) is 0 Å². The number of para-hydroxylation sites is 1. The van der Waals surface area contributed by atoms with Crippen molar-refractivity contribution in [3.63, 3.8) is 0 Å². The molecule has 2 aromatic rings. The molecule has 0 aliphatic carbocycles. The molecule has 7 nitrogen and oxygen atoms in total. The molecule has 30 heavy (non-hydrogen) atoms. The SMILES string of the molecule is COCC(=O)N(C1CCOCC1)C1CCCN(C(=O)c2ccc3ccccc3n2)C1. The number of hydrogen-bond acceptors (Lipinski definition) is 5. The molecule has 1 aromatic carbocycles. The summed E-state index contributed by atoms with van der Waals surface area (Å²) in [5.74, 6) is -0.0795. The summed E-state index contributed by atoms with van der Waals surface area (Å²) in [4.78, 5) is 34.5. The molecule has 0 saturated carbocycles. The van der Waals surface area contributed by atoms with E-state index in [0.29, 0.717) is 32.0 Å². The van der Waals surface area contributed by atoms with Crippen molar-refractivity contribution >= 4 is 22.7 Å². The van der Waals surface area contributed by atoms with Gasteiger partial charge in [-0.25, -0.2) is 4.98 Å². The average molecular weight is 412 g/mol. The van der Waals surface area contributed by atoms with Crippen LogP contribution in [0.1, 0.15) is 36.2 Å². The Bertz CT molecular complexity index is 897. The lowest BCUT2D eigenvalue weighted by atomic mass is 9.98. The van der Waals surface area contributed by atoms with E-state index in [-0.39, 0.29) is 30.5 Å². The van der Waals surface area contributed by atoms with Crippen molar-refractivity contribution in [3.8, 4) is 0 Å². The minimum Gasteiger partial charge on any atom is -0.381 e. The highest BCUT2D eigenvalue weighted by atomic mass is 16.5. The molecule has 0 radical (unpaired) electrons. The lowest BCUT2D eigenvalue weighted by Crippen LogP contribution is -2.56. The monoisotopic (exact) mass is 411 g/mol. The number of likely N-dealkylation sites (tertiary alicyclic amines) is 1. The number of hydrogen-bond donors (Lipinski definition) is 0. The number of methoxy groups -OCH3 is 1. The van der Waals surface area contributed by atoms with Crippen molar-refractivity contribution in [2.45, 2.75) is 37.8 Å². The number of nitrogens with zero attached hydrogens (tertiary/aromatic N) is 3. The number of carbonyl (C=O) groups is 2. The fraction of sp³-hybridized carbons (Fsp3) is 0.522. The van der Waals surface area contributed by atoms with E-state index >= 15 is 0 Å². The second kappa shape index (κ2) is 9.53. The summed E-state index contributed by atoms with van der Waals surface area (Å²) in [6.45, 7) is 2.60. The molecule has 0 spiro atoms. The van der Waals surface area contributed by atoms with Gasteiger partial charge in [-0.05, 0) is 37.8 Å². The topological polar surface area (TPSA) is 72.0 Å². The summed E-state index contributed by atoms with van der Waals surface area (Å²) in [5.41, 5.74) is 1.27. The molecule has 2 amide bonds. The minimum atomic E-state index is -0.0726. The van der Waals surface area contributed by atoms with Gasteiger partial charge < -0.3 is 19.3 Å². The number of carbonyl (C=O) groups excluding carboxylic acids is 2. The van der Waals surface area contributed by atoms with E-state index in [2.05, 4.69) is 4.98 Å². The zero-order valence-electron chi connectivity index (χ0n) is 17.5. The Morgan fingerprint density at radius 2 is 1.93 bits per heavy atom. The molecule has 2 saturated heterocycles. The number of amides is 2. The van der Waals surface area contributed by atoms with Crippen LogP contribution in [0, 0.1) is 0 Å². The van der Waals surface area contributed by atoms with Gasteiger partial charge in [0, 0.05) is 50.9 Å². The molecule has 0 N–H and O–H groups in total. The van der Waals surface area contributed by atoms with E-state index in [0.717, 1.165) is 36.6 Å². The van der Waals surface area contributed by atoms with Crippen LogP contribution in [0.15, 0.2) is 36.4 Å². The Kier molecular flexibility index (Phi) is 6.59. The maximum atomic E-state index is 13.2. The lowest BCUT2D eigenvalue weighted by molar-refractivity contribution is -0.143. The van der Waals surface area contributed by atoms with Crippen LogP contribution in [-0.2, 0) is 14.3 Å². The van der Waals surface area contributed by atoms with Gasteiger partial charge in [0.05, 0.1) is 5.52 Å². The largest absolute Gasteiger partial charge is 0.381 e. The molecule has 1 atom stereocenters. The summed E-state index contributed by atoms with van der Waals surface area (Å²) >= 11 is 0. The first kappa shape index (κ1) is 20.8. The molecular formula is C23H29N3O4. The molecule has 1 unspecified atom stereocenters. The summed E-state index contributed by atoms with van der Waals surface area (Å²) < 4.78 is 10.6.